The van der Waals surface area contributed by atoms with Gasteiger partial charge in [-0.3, -0.25) is 0 Å². The van der Waals surface area contributed by atoms with E-state index in [4.69, 9.17) is 4.74 Å². The Morgan fingerprint density at radius 2 is 1.92 bits per heavy atom. The average molecular weight is 340 g/mol. The molecule has 0 bridgehead atoms. The molecule has 0 atom stereocenters. The van der Waals surface area contributed by atoms with E-state index in [1.807, 2.05) is 38.4 Å². The Kier molecular flexibility index (Phi) is 5.17. The third-order valence-corrected chi connectivity index (χ3v) is 4.24. The number of nitrogens with zero attached hydrogens (tertiary/aromatic N) is 4. The Labute approximate surface area is 146 Å². The van der Waals surface area contributed by atoms with Gasteiger partial charge in [0.2, 0.25) is 0 Å². The Balaban J connectivity index is 1.90. The number of rotatable bonds is 6. The quantitative estimate of drug-likeness (QED) is 0.638. The van der Waals surface area contributed by atoms with Crippen molar-refractivity contribution in [2.45, 2.75) is 11.4 Å². The van der Waals surface area contributed by atoms with Crippen LogP contribution in [0.3, 0.4) is 0 Å². The first-order valence-electron chi connectivity index (χ1n) is 7.60. The highest BCUT2D eigenvalue weighted by molar-refractivity contribution is 7.98. The number of hydrogen-bond acceptors (Lipinski definition) is 5. The third-order valence-electron chi connectivity index (χ3n) is 3.50. The zero-order valence-electron chi connectivity index (χ0n) is 14.0. The maximum Gasteiger partial charge on any atom is 0.138 e. The summed E-state index contributed by atoms with van der Waals surface area (Å²) in [5, 5.41) is 4.19. The second kappa shape index (κ2) is 7.51. The van der Waals surface area contributed by atoms with Crippen LogP contribution in [0.1, 0.15) is 5.56 Å². The van der Waals surface area contributed by atoms with Gasteiger partial charge in [-0.25, -0.2) is 9.67 Å². The highest BCUT2D eigenvalue weighted by Gasteiger charge is 2.09. The highest BCUT2D eigenvalue weighted by atomic mass is 32.2. The first-order valence-corrected chi connectivity index (χ1v) is 8.83. The summed E-state index contributed by atoms with van der Waals surface area (Å²) in [4.78, 5) is 7.34. The van der Waals surface area contributed by atoms with Crippen LogP contribution in [0.25, 0.3) is 5.69 Å². The number of hydrogen-bond donors (Lipinski definition) is 0. The molecule has 2 aromatic carbocycles. The summed E-state index contributed by atoms with van der Waals surface area (Å²) < 4.78 is 7.85. The second-order valence-electron chi connectivity index (χ2n) is 5.65. The molecule has 0 aliphatic carbocycles. The lowest BCUT2D eigenvalue weighted by molar-refractivity contribution is 0.388. The molecule has 1 aromatic heterocycles. The standard InChI is InChI=1S/C18H20N4OS/c1-21(2)11-14-10-15(22-13-19-12-20-22)4-9-18(14)23-16-5-7-17(24-3)8-6-16/h4-10,12-13H,11H2,1-3H3. The molecule has 3 aromatic rings. The van der Waals surface area contributed by atoms with Gasteiger partial charge in [-0.1, -0.05) is 0 Å². The van der Waals surface area contributed by atoms with E-state index in [1.54, 1.807) is 22.8 Å². The van der Waals surface area contributed by atoms with Crippen molar-refractivity contribution in [2.75, 3.05) is 20.4 Å². The topological polar surface area (TPSA) is 43.2 Å². The van der Waals surface area contributed by atoms with Gasteiger partial charge in [-0.05, 0) is 62.8 Å². The van der Waals surface area contributed by atoms with Crippen LogP contribution in [0, 0.1) is 0 Å². The van der Waals surface area contributed by atoms with Crippen LogP contribution in [-0.2, 0) is 6.54 Å². The normalized spacial score (nSPS) is 11.0. The molecule has 124 valence electrons. The molecule has 1 heterocycles. The van der Waals surface area contributed by atoms with Gasteiger partial charge in [-0.15, -0.1) is 11.8 Å². The molecule has 0 N–H and O–H groups in total. The molecule has 3 rings (SSSR count). The van der Waals surface area contributed by atoms with Crippen molar-refractivity contribution >= 4 is 11.8 Å². The van der Waals surface area contributed by atoms with Gasteiger partial charge in [-0.2, -0.15) is 5.10 Å². The molecule has 0 fully saturated rings. The van der Waals surface area contributed by atoms with E-state index < -0.39 is 0 Å². The fourth-order valence-electron chi connectivity index (χ4n) is 2.38. The highest BCUT2D eigenvalue weighted by Crippen LogP contribution is 2.29. The Bertz CT molecular complexity index is 785. The summed E-state index contributed by atoms with van der Waals surface area (Å²) >= 11 is 1.72. The fraction of sp³-hybridized carbons (Fsp3) is 0.222. The SMILES string of the molecule is CSc1ccc(Oc2ccc(-n3cncn3)cc2CN(C)C)cc1. The molecule has 0 aliphatic heterocycles. The summed E-state index contributed by atoms with van der Waals surface area (Å²) in [6.45, 7) is 0.779. The van der Waals surface area contributed by atoms with Gasteiger partial charge in [0.25, 0.3) is 0 Å². The van der Waals surface area contributed by atoms with Gasteiger partial charge < -0.3 is 9.64 Å². The average Bonchev–Trinajstić information content (AvgIpc) is 3.11. The van der Waals surface area contributed by atoms with E-state index in [0.717, 1.165) is 29.3 Å². The molecular formula is C18H20N4OS. The predicted octanol–water partition coefficient (Wildman–Crippen LogP) is 3.84. The van der Waals surface area contributed by atoms with Gasteiger partial charge in [0.15, 0.2) is 0 Å². The fourth-order valence-corrected chi connectivity index (χ4v) is 2.79. The lowest BCUT2D eigenvalue weighted by Crippen LogP contribution is -2.12. The van der Waals surface area contributed by atoms with Crippen LogP contribution in [-0.4, -0.2) is 40.0 Å². The number of ether oxygens (including phenoxy) is 1. The lowest BCUT2D eigenvalue weighted by atomic mass is 10.1. The molecule has 0 unspecified atom stereocenters. The summed E-state index contributed by atoms with van der Waals surface area (Å²) in [7, 11) is 4.08. The van der Waals surface area contributed by atoms with Crippen LogP contribution in [0.4, 0.5) is 0 Å². The van der Waals surface area contributed by atoms with Crippen LogP contribution in [0.2, 0.25) is 0 Å². The molecule has 0 aliphatic rings. The largest absolute Gasteiger partial charge is 0.457 e. The predicted molar refractivity (Wildman–Crippen MR) is 97.0 cm³/mol. The molecule has 0 spiro atoms. The van der Waals surface area contributed by atoms with Gasteiger partial charge in [0, 0.05) is 17.0 Å². The molecule has 0 saturated carbocycles. The van der Waals surface area contributed by atoms with E-state index in [9.17, 15) is 0 Å². The lowest BCUT2D eigenvalue weighted by Gasteiger charge is -2.16. The van der Waals surface area contributed by atoms with Crippen molar-refractivity contribution in [3.63, 3.8) is 0 Å². The van der Waals surface area contributed by atoms with E-state index in [0.29, 0.717) is 0 Å². The number of thioether (sulfide) groups is 1. The van der Waals surface area contributed by atoms with Crippen LogP contribution in [0.5, 0.6) is 11.5 Å². The van der Waals surface area contributed by atoms with Crippen molar-refractivity contribution in [3.05, 3.63) is 60.7 Å². The zero-order chi connectivity index (χ0) is 16.9. The minimum atomic E-state index is 0.779. The molecule has 24 heavy (non-hydrogen) atoms. The third kappa shape index (κ3) is 3.96. The summed E-state index contributed by atoms with van der Waals surface area (Å²) in [6, 6.07) is 14.2. The first-order chi connectivity index (χ1) is 11.7. The van der Waals surface area contributed by atoms with Gasteiger partial charge in [0.05, 0.1) is 5.69 Å². The van der Waals surface area contributed by atoms with Crippen molar-refractivity contribution in [3.8, 4) is 17.2 Å². The van der Waals surface area contributed by atoms with Gasteiger partial charge >= 0.3 is 0 Å². The molecule has 0 saturated heterocycles. The zero-order valence-corrected chi connectivity index (χ0v) is 14.8. The Morgan fingerprint density at radius 3 is 2.54 bits per heavy atom. The van der Waals surface area contributed by atoms with E-state index in [1.165, 1.54) is 11.2 Å². The summed E-state index contributed by atoms with van der Waals surface area (Å²) in [6.07, 6.45) is 5.29. The Morgan fingerprint density at radius 1 is 1.12 bits per heavy atom. The first kappa shape index (κ1) is 16.5. The minimum Gasteiger partial charge on any atom is -0.457 e. The smallest absolute Gasteiger partial charge is 0.138 e. The maximum atomic E-state index is 6.10. The molecule has 0 amide bonds. The van der Waals surface area contributed by atoms with E-state index in [2.05, 4.69) is 39.4 Å². The van der Waals surface area contributed by atoms with Crippen LogP contribution in [0.15, 0.2) is 60.0 Å². The number of benzene rings is 2. The van der Waals surface area contributed by atoms with Crippen molar-refractivity contribution in [1.29, 1.82) is 0 Å². The molecule has 5 nitrogen and oxygen atoms in total. The Hall–Kier alpha value is -2.31. The van der Waals surface area contributed by atoms with E-state index in [-0.39, 0.29) is 0 Å². The minimum absolute atomic E-state index is 0.779. The van der Waals surface area contributed by atoms with Crippen molar-refractivity contribution < 1.29 is 4.74 Å². The van der Waals surface area contributed by atoms with Crippen molar-refractivity contribution in [2.24, 2.45) is 0 Å². The molecular weight excluding hydrogens is 320 g/mol. The second-order valence-corrected chi connectivity index (χ2v) is 6.53. The van der Waals surface area contributed by atoms with E-state index >= 15 is 0 Å². The van der Waals surface area contributed by atoms with Crippen molar-refractivity contribution in [1.82, 2.24) is 19.7 Å². The number of aromatic nitrogens is 3. The monoisotopic (exact) mass is 340 g/mol. The molecule has 0 radical (unpaired) electrons. The summed E-state index contributed by atoms with van der Waals surface area (Å²) in [5.74, 6) is 1.69. The van der Waals surface area contributed by atoms with Gasteiger partial charge in [0.1, 0.15) is 24.2 Å². The summed E-state index contributed by atoms with van der Waals surface area (Å²) in [5.41, 5.74) is 2.07. The maximum absolute atomic E-state index is 6.10. The van der Waals surface area contributed by atoms with Crippen LogP contribution >= 0.6 is 11.8 Å². The van der Waals surface area contributed by atoms with Crippen LogP contribution < -0.4 is 4.74 Å². The molecule has 6 heteroatoms.